The molecule has 4 N–H and O–H groups in total. The topological polar surface area (TPSA) is 94.3 Å². The maximum absolute atomic E-state index is 13.8. The third-order valence-corrected chi connectivity index (χ3v) is 6.12. The molecule has 0 fully saturated rings. The minimum absolute atomic E-state index is 0.00726. The average molecular weight is 386 g/mol. The number of halogens is 1. The molecule has 27 heavy (non-hydrogen) atoms. The molecule has 3 heterocycles. The van der Waals surface area contributed by atoms with E-state index in [-0.39, 0.29) is 6.42 Å². The van der Waals surface area contributed by atoms with Crippen molar-refractivity contribution in [2.24, 2.45) is 11.5 Å². The molecule has 1 aromatic carbocycles. The number of amides is 2. The second-order valence-electron chi connectivity index (χ2n) is 6.86. The summed E-state index contributed by atoms with van der Waals surface area (Å²) < 4.78 is 15.6. The van der Waals surface area contributed by atoms with Crippen LogP contribution in [0.4, 0.5) is 4.39 Å². The summed E-state index contributed by atoms with van der Waals surface area (Å²) in [6.45, 7) is 1.61. The first kappa shape index (κ1) is 17.7. The van der Waals surface area contributed by atoms with Crippen LogP contribution in [-0.4, -0.2) is 34.9 Å². The zero-order valence-corrected chi connectivity index (χ0v) is 15.6. The predicted octanol–water partition coefficient (Wildman–Crippen LogP) is 1.95. The highest BCUT2D eigenvalue weighted by molar-refractivity contribution is 7.15. The Kier molecular flexibility index (Phi) is 4.24. The van der Waals surface area contributed by atoms with Crippen LogP contribution in [0.5, 0.6) is 0 Å². The highest BCUT2D eigenvalue weighted by Crippen LogP contribution is 2.38. The van der Waals surface area contributed by atoms with Crippen LogP contribution < -0.4 is 11.5 Å². The number of nitrogens with two attached hydrogens (primary N) is 2. The Labute approximate surface area is 159 Å². The lowest BCUT2D eigenvalue weighted by Gasteiger charge is -2.22. The van der Waals surface area contributed by atoms with E-state index < -0.39 is 17.6 Å². The molecule has 2 amide bonds. The Bertz CT molecular complexity index is 1090. The van der Waals surface area contributed by atoms with E-state index in [2.05, 4.69) is 4.90 Å². The molecule has 0 atom stereocenters. The van der Waals surface area contributed by atoms with Crippen molar-refractivity contribution in [2.45, 2.75) is 19.4 Å². The first-order valence-corrected chi connectivity index (χ1v) is 9.38. The Morgan fingerprint density at radius 2 is 2.07 bits per heavy atom. The van der Waals surface area contributed by atoms with Gasteiger partial charge in [0, 0.05) is 29.5 Å². The van der Waals surface area contributed by atoms with Crippen molar-refractivity contribution in [1.82, 2.24) is 9.47 Å². The number of carbonyl (C=O) groups excluding carboxylic acids is 2. The molecule has 0 unspecified atom stereocenters. The van der Waals surface area contributed by atoms with Crippen LogP contribution in [0.15, 0.2) is 24.4 Å². The van der Waals surface area contributed by atoms with Gasteiger partial charge in [0.1, 0.15) is 10.8 Å². The summed E-state index contributed by atoms with van der Waals surface area (Å²) in [5.41, 5.74) is 13.9. The zero-order chi connectivity index (χ0) is 19.3. The number of primary amides is 2. The molecule has 6 nitrogen and oxygen atoms in total. The van der Waals surface area contributed by atoms with E-state index in [1.165, 1.54) is 23.5 Å². The Balaban J connectivity index is 1.98. The van der Waals surface area contributed by atoms with E-state index in [0.717, 1.165) is 30.0 Å². The van der Waals surface area contributed by atoms with Crippen molar-refractivity contribution in [2.75, 3.05) is 13.6 Å². The molecule has 3 aromatic rings. The molecule has 140 valence electrons. The van der Waals surface area contributed by atoms with Crippen LogP contribution in [0.2, 0.25) is 0 Å². The molecule has 0 aliphatic carbocycles. The molecule has 1 aliphatic rings. The molecule has 0 saturated carbocycles. The van der Waals surface area contributed by atoms with Crippen LogP contribution in [0, 0.1) is 5.82 Å². The summed E-state index contributed by atoms with van der Waals surface area (Å²) >= 11 is 1.51. The summed E-state index contributed by atoms with van der Waals surface area (Å²) in [5, 5.41) is 1.31. The minimum atomic E-state index is -0.500. The highest BCUT2D eigenvalue weighted by Gasteiger charge is 2.27. The van der Waals surface area contributed by atoms with Gasteiger partial charge in [-0.2, -0.15) is 0 Å². The number of hydrogen-bond donors (Lipinski definition) is 2. The first-order valence-electron chi connectivity index (χ1n) is 8.56. The monoisotopic (exact) mass is 386 g/mol. The summed E-state index contributed by atoms with van der Waals surface area (Å²) in [6, 6.07) is 4.39. The van der Waals surface area contributed by atoms with E-state index >= 15 is 0 Å². The van der Waals surface area contributed by atoms with Crippen LogP contribution in [0.25, 0.3) is 15.9 Å². The Morgan fingerprint density at radius 3 is 2.78 bits per heavy atom. The van der Waals surface area contributed by atoms with Crippen LogP contribution >= 0.6 is 11.3 Å². The molecule has 0 bridgehead atoms. The van der Waals surface area contributed by atoms with Crippen LogP contribution in [0.3, 0.4) is 0 Å². The lowest BCUT2D eigenvalue weighted by atomic mass is 10.0. The minimum Gasteiger partial charge on any atom is -0.369 e. The molecule has 1 aliphatic heterocycles. The number of hydrogen-bond acceptors (Lipinski definition) is 4. The van der Waals surface area contributed by atoms with Gasteiger partial charge in [0.25, 0.3) is 5.91 Å². The van der Waals surface area contributed by atoms with Gasteiger partial charge in [-0.3, -0.25) is 9.59 Å². The lowest BCUT2D eigenvalue weighted by Crippen LogP contribution is -2.27. The fourth-order valence-electron chi connectivity index (χ4n) is 3.71. The normalized spacial score (nSPS) is 14.4. The summed E-state index contributed by atoms with van der Waals surface area (Å²) in [7, 11) is 2.03. The standard InChI is InChI=1S/C19H19FN4O2S/c1-23-5-4-12-15(9-23)27-19(17(12)18(22)26)24-8-10(6-16(21)25)13-7-11(20)2-3-14(13)24/h2-3,7-8H,4-6,9H2,1H3,(H2,21,25)(H2,22,26). The Hall–Kier alpha value is -2.71. The van der Waals surface area contributed by atoms with Crippen LogP contribution in [0.1, 0.15) is 26.4 Å². The van der Waals surface area contributed by atoms with Crippen molar-refractivity contribution in [1.29, 1.82) is 0 Å². The molecule has 2 aromatic heterocycles. The number of rotatable bonds is 4. The van der Waals surface area contributed by atoms with E-state index in [9.17, 15) is 14.0 Å². The summed E-state index contributed by atoms with van der Waals surface area (Å²) in [4.78, 5) is 27.0. The number of nitrogens with zero attached hydrogens (tertiary/aromatic N) is 2. The predicted molar refractivity (Wildman–Crippen MR) is 103 cm³/mol. The van der Waals surface area contributed by atoms with E-state index in [1.807, 2.05) is 11.6 Å². The summed E-state index contributed by atoms with van der Waals surface area (Å²) in [5.74, 6) is -1.37. The molecule has 8 heteroatoms. The van der Waals surface area contributed by atoms with Crippen molar-refractivity contribution in [3.8, 4) is 5.00 Å². The maximum Gasteiger partial charge on any atom is 0.252 e. The first-order chi connectivity index (χ1) is 12.8. The van der Waals surface area contributed by atoms with Crippen molar-refractivity contribution in [3.05, 3.63) is 51.8 Å². The maximum atomic E-state index is 13.8. The van der Waals surface area contributed by atoms with Gasteiger partial charge in [-0.25, -0.2) is 4.39 Å². The number of likely N-dealkylation sites (N-methyl/N-ethyl adjacent to an activating group) is 1. The van der Waals surface area contributed by atoms with E-state index in [0.29, 0.717) is 27.0 Å². The van der Waals surface area contributed by atoms with Gasteiger partial charge in [0.2, 0.25) is 5.91 Å². The number of thiophene rings is 1. The van der Waals surface area contributed by atoms with E-state index in [4.69, 9.17) is 11.5 Å². The fourth-order valence-corrected chi connectivity index (χ4v) is 5.13. The second kappa shape index (κ2) is 6.47. The number of carbonyl (C=O) groups is 2. The second-order valence-corrected chi connectivity index (χ2v) is 7.95. The molecule has 0 radical (unpaired) electrons. The Morgan fingerprint density at radius 1 is 1.30 bits per heavy atom. The van der Waals surface area contributed by atoms with Gasteiger partial charge in [-0.05, 0) is 42.8 Å². The average Bonchev–Trinajstić information content (AvgIpc) is 3.12. The molecule has 4 rings (SSSR count). The van der Waals surface area contributed by atoms with Gasteiger partial charge in [-0.1, -0.05) is 0 Å². The van der Waals surface area contributed by atoms with Gasteiger partial charge in [0.05, 0.1) is 17.5 Å². The lowest BCUT2D eigenvalue weighted by molar-refractivity contribution is -0.117. The third kappa shape index (κ3) is 3.00. The molecule has 0 saturated heterocycles. The van der Waals surface area contributed by atoms with Crippen molar-refractivity contribution < 1.29 is 14.0 Å². The van der Waals surface area contributed by atoms with E-state index in [1.54, 1.807) is 12.3 Å². The number of fused-ring (bicyclic) bond motifs is 2. The fraction of sp³-hybridized carbons (Fsp3) is 0.263. The molecule has 0 spiro atoms. The smallest absolute Gasteiger partial charge is 0.252 e. The quantitative estimate of drug-likeness (QED) is 0.717. The molecular formula is C19H19FN4O2S. The number of benzene rings is 1. The zero-order valence-electron chi connectivity index (χ0n) is 14.8. The van der Waals surface area contributed by atoms with Crippen molar-refractivity contribution >= 4 is 34.1 Å². The van der Waals surface area contributed by atoms with Crippen molar-refractivity contribution in [3.63, 3.8) is 0 Å². The SMILES string of the molecule is CN1CCc2c(sc(-n3cc(CC(N)=O)c4cc(F)ccc43)c2C(N)=O)C1. The van der Waals surface area contributed by atoms with Gasteiger partial charge in [0.15, 0.2) is 0 Å². The van der Waals surface area contributed by atoms with Gasteiger partial charge >= 0.3 is 0 Å². The van der Waals surface area contributed by atoms with Gasteiger partial charge < -0.3 is 20.9 Å². The highest BCUT2D eigenvalue weighted by atomic mass is 32.1. The third-order valence-electron chi connectivity index (χ3n) is 4.91. The summed E-state index contributed by atoms with van der Waals surface area (Å²) in [6.07, 6.45) is 2.50. The molecular weight excluding hydrogens is 367 g/mol. The number of aromatic nitrogens is 1. The van der Waals surface area contributed by atoms with Gasteiger partial charge in [-0.15, -0.1) is 11.3 Å². The largest absolute Gasteiger partial charge is 0.369 e. The van der Waals surface area contributed by atoms with Crippen LogP contribution in [-0.2, 0) is 24.2 Å².